The fourth-order valence-electron chi connectivity index (χ4n) is 5.91. The fourth-order valence-corrected chi connectivity index (χ4v) is 5.91. The van der Waals surface area contributed by atoms with Crippen LogP contribution in [0.4, 0.5) is 0 Å². The minimum absolute atomic E-state index is 0.0662. The molecule has 2 saturated heterocycles. The van der Waals surface area contributed by atoms with Crippen molar-refractivity contribution in [1.82, 2.24) is 16.0 Å². The van der Waals surface area contributed by atoms with Crippen molar-refractivity contribution < 1.29 is 34.3 Å². The van der Waals surface area contributed by atoms with Gasteiger partial charge in [0.15, 0.2) is 6.29 Å². The average Bonchev–Trinajstić information content (AvgIpc) is 2.88. The zero-order valence-corrected chi connectivity index (χ0v) is 22.5. The van der Waals surface area contributed by atoms with Crippen molar-refractivity contribution in [1.29, 1.82) is 0 Å². The Morgan fingerprint density at radius 3 is 2.37 bits per heavy atom. The molecule has 4 rings (SSSR count). The lowest BCUT2D eigenvalue weighted by atomic mass is 9.84. The smallest absolute Gasteiger partial charge is 0.215 e. The van der Waals surface area contributed by atoms with E-state index < -0.39 is 66.8 Å². The summed E-state index contributed by atoms with van der Waals surface area (Å²) in [5.41, 5.74) is 17.7. The van der Waals surface area contributed by atoms with Crippen molar-refractivity contribution in [2.75, 3.05) is 39.8 Å². The first-order valence-electron chi connectivity index (χ1n) is 13.8. The monoisotopic (exact) mass is 544 g/mol. The number of rotatable bonds is 9. The Morgan fingerprint density at radius 2 is 1.71 bits per heavy atom. The summed E-state index contributed by atoms with van der Waals surface area (Å²) in [6.07, 6.45) is -0.948. The summed E-state index contributed by atoms with van der Waals surface area (Å²) in [6.45, 7) is 5.09. The summed E-state index contributed by atoms with van der Waals surface area (Å²) in [5, 5.41) is 42.3. The molecule has 0 bridgehead atoms. The molecule has 3 fully saturated rings. The van der Waals surface area contributed by atoms with Crippen LogP contribution >= 0.6 is 0 Å². The molecule has 0 aromatic rings. The Kier molecular flexibility index (Phi) is 10.4. The second-order valence-electron chi connectivity index (χ2n) is 11.4. The fraction of sp³-hybridized carbons (Fsp3) is 0.920. The van der Waals surface area contributed by atoms with Gasteiger partial charge in [0.1, 0.15) is 35.8 Å². The summed E-state index contributed by atoms with van der Waals surface area (Å²) < 4.78 is 23.8. The molecule has 0 aromatic heterocycles. The number of aliphatic hydroxyl groups is 3. The molecule has 38 heavy (non-hydrogen) atoms. The highest BCUT2D eigenvalue weighted by atomic mass is 16.7. The number of likely N-dealkylation sites (N-methyl/N-ethyl adjacent to an activating group) is 1. The van der Waals surface area contributed by atoms with Crippen LogP contribution in [-0.4, -0.2) is 122 Å². The predicted octanol–water partition coefficient (Wildman–Crippen LogP) is -3.22. The second kappa shape index (κ2) is 13.1. The third-order valence-corrected chi connectivity index (χ3v) is 8.21. The van der Waals surface area contributed by atoms with E-state index in [1.54, 1.807) is 14.0 Å². The maximum atomic E-state index is 11.2. The normalized spacial score (nSPS) is 44.9. The standard InChI is InChI=1S/C25H48N6O7/c1-25(34)12-35-24(19(33)22(25)29-2)38-21-17(28)9-16(27)20(18(21)32)37-23-15(26)4-3-14(36-23)11-31-10-13-5-7-30-8-6-13/h3,13,15-24,29-34H,4-12,26-28H2,1-2H3. The van der Waals surface area contributed by atoms with Crippen LogP contribution in [0.3, 0.4) is 0 Å². The van der Waals surface area contributed by atoms with Crippen molar-refractivity contribution in [2.45, 2.75) is 99.4 Å². The van der Waals surface area contributed by atoms with Crippen LogP contribution in [0.1, 0.15) is 32.6 Å². The van der Waals surface area contributed by atoms with Gasteiger partial charge in [0.05, 0.1) is 25.2 Å². The molecule has 1 aliphatic carbocycles. The van der Waals surface area contributed by atoms with E-state index in [1.807, 2.05) is 6.08 Å². The molecule has 0 amide bonds. The van der Waals surface area contributed by atoms with E-state index >= 15 is 0 Å². The third kappa shape index (κ3) is 7.03. The van der Waals surface area contributed by atoms with Crippen molar-refractivity contribution in [3.05, 3.63) is 11.8 Å². The third-order valence-electron chi connectivity index (χ3n) is 8.21. The van der Waals surface area contributed by atoms with Gasteiger partial charge in [-0.05, 0) is 71.3 Å². The van der Waals surface area contributed by atoms with E-state index in [9.17, 15) is 15.3 Å². The number of nitrogens with two attached hydrogens (primary N) is 3. The minimum Gasteiger partial charge on any atom is -0.467 e. The molecular formula is C25H48N6O7. The Balaban J connectivity index is 1.33. The van der Waals surface area contributed by atoms with Crippen LogP contribution in [0, 0.1) is 5.92 Å². The van der Waals surface area contributed by atoms with Crippen LogP contribution in [0.15, 0.2) is 11.8 Å². The van der Waals surface area contributed by atoms with Crippen LogP contribution < -0.4 is 33.2 Å². The highest BCUT2D eigenvalue weighted by Crippen LogP contribution is 2.31. The first-order valence-corrected chi connectivity index (χ1v) is 13.8. The number of nitrogens with one attached hydrogen (secondary N) is 3. The molecule has 220 valence electrons. The van der Waals surface area contributed by atoms with E-state index in [1.165, 1.54) is 0 Å². The lowest BCUT2D eigenvalue weighted by Crippen LogP contribution is -2.68. The van der Waals surface area contributed by atoms with Crippen LogP contribution in [-0.2, 0) is 18.9 Å². The van der Waals surface area contributed by atoms with Crippen molar-refractivity contribution >= 4 is 0 Å². The molecule has 4 aliphatic rings. The summed E-state index contributed by atoms with van der Waals surface area (Å²) in [4.78, 5) is 0. The van der Waals surface area contributed by atoms with Gasteiger partial charge in [0, 0.05) is 12.1 Å². The van der Waals surface area contributed by atoms with Gasteiger partial charge in [0.25, 0.3) is 0 Å². The number of ether oxygens (including phenoxy) is 4. The molecule has 3 heterocycles. The van der Waals surface area contributed by atoms with Gasteiger partial charge in [-0.15, -0.1) is 0 Å². The summed E-state index contributed by atoms with van der Waals surface area (Å²) >= 11 is 0. The Hall–Kier alpha value is -0.940. The molecule has 11 atom stereocenters. The van der Waals surface area contributed by atoms with Gasteiger partial charge in [-0.2, -0.15) is 0 Å². The van der Waals surface area contributed by atoms with E-state index in [4.69, 9.17) is 36.1 Å². The zero-order chi connectivity index (χ0) is 27.4. The van der Waals surface area contributed by atoms with E-state index in [-0.39, 0.29) is 6.61 Å². The van der Waals surface area contributed by atoms with Gasteiger partial charge in [0.2, 0.25) is 6.29 Å². The molecule has 13 nitrogen and oxygen atoms in total. The SMILES string of the molecule is CNC1C(O)C(OC2C(N)CC(N)C(OC3OC(CNCC4CCNCC4)=CCC3N)C2O)OCC1(C)O. The number of piperidine rings is 1. The lowest BCUT2D eigenvalue weighted by Gasteiger charge is -2.48. The summed E-state index contributed by atoms with van der Waals surface area (Å²) in [7, 11) is 1.63. The minimum atomic E-state index is -1.29. The molecular weight excluding hydrogens is 496 g/mol. The van der Waals surface area contributed by atoms with Gasteiger partial charge in [-0.1, -0.05) is 0 Å². The maximum Gasteiger partial charge on any atom is 0.215 e. The van der Waals surface area contributed by atoms with Gasteiger partial charge in [-0.25, -0.2) is 0 Å². The second-order valence-corrected chi connectivity index (χ2v) is 11.4. The molecule has 3 aliphatic heterocycles. The van der Waals surface area contributed by atoms with Crippen LogP contribution in [0.25, 0.3) is 0 Å². The highest BCUT2D eigenvalue weighted by molar-refractivity contribution is 5.05. The molecule has 12 N–H and O–H groups in total. The van der Waals surface area contributed by atoms with Crippen LogP contribution in [0.2, 0.25) is 0 Å². The quantitative estimate of drug-likeness (QED) is 0.140. The molecule has 0 spiro atoms. The van der Waals surface area contributed by atoms with E-state index in [0.29, 0.717) is 25.3 Å². The maximum absolute atomic E-state index is 11.2. The van der Waals surface area contributed by atoms with Crippen molar-refractivity contribution in [3.63, 3.8) is 0 Å². The van der Waals surface area contributed by atoms with Crippen molar-refractivity contribution in [3.8, 4) is 0 Å². The number of aliphatic hydroxyl groups excluding tert-OH is 2. The Bertz CT molecular complexity index is 785. The van der Waals surface area contributed by atoms with Gasteiger partial charge in [-0.3, -0.25) is 0 Å². The molecule has 13 heteroatoms. The number of hydrogen-bond acceptors (Lipinski definition) is 13. The number of hydrogen-bond donors (Lipinski definition) is 9. The average molecular weight is 545 g/mol. The zero-order valence-electron chi connectivity index (χ0n) is 22.5. The molecule has 11 unspecified atom stereocenters. The van der Waals surface area contributed by atoms with Gasteiger partial charge < -0.3 is 67.4 Å². The lowest BCUT2D eigenvalue weighted by molar-refractivity contribution is -0.303. The molecule has 0 aromatic carbocycles. The predicted molar refractivity (Wildman–Crippen MR) is 140 cm³/mol. The molecule has 0 radical (unpaired) electrons. The Labute approximate surface area is 224 Å². The highest BCUT2D eigenvalue weighted by Gasteiger charge is 2.50. The topological polar surface area (TPSA) is 212 Å². The molecule has 1 saturated carbocycles. The summed E-state index contributed by atoms with van der Waals surface area (Å²) in [6, 6.07) is -2.33. The summed E-state index contributed by atoms with van der Waals surface area (Å²) in [5.74, 6) is 1.39. The first kappa shape index (κ1) is 30.0. The van der Waals surface area contributed by atoms with Crippen LogP contribution in [0.5, 0.6) is 0 Å². The first-order chi connectivity index (χ1) is 18.1. The van der Waals surface area contributed by atoms with E-state index in [2.05, 4.69) is 16.0 Å². The largest absolute Gasteiger partial charge is 0.467 e. The van der Waals surface area contributed by atoms with Gasteiger partial charge >= 0.3 is 0 Å². The van der Waals surface area contributed by atoms with E-state index in [0.717, 1.165) is 38.2 Å². The Morgan fingerprint density at radius 1 is 1.05 bits per heavy atom. The van der Waals surface area contributed by atoms with Crippen molar-refractivity contribution in [2.24, 2.45) is 23.1 Å².